The highest BCUT2D eigenvalue weighted by atomic mass is 127. The van der Waals surface area contributed by atoms with Gasteiger partial charge in [0.2, 0.25) is 5.91 Å². The molecule has 0 aromatic heterocycles. The first-order valence-electron chi connectivity index (χ1n) is 3.43. The standard InChI is InChI=1S/C9H8INO/c1-6-3-4-8(10)5-9(6)11-7(2)12/h3-5H,1H2,2H3. The third-order valence-electron chi connectivity index (χ3n) is 1.33. The van der Waals surface area contributed by atoms with E-state index in [0.29, 0.717) is 5.71 Å². The summed E-state index contributed by atoms with van der Waals surface area (Å²) >= 11 is 2.17. The molecule has 0 fully saturated rings. The summed E-state index contributed by atoms with van der Waals surface area (Å²) in [5.41, 5.74) is 1.44. The van der Waals surface area contributed by atoms with E-state index in [0.717, 1.165) is 9.15 Å². The van der Waals surface area contributed by atoms with Crippen molar-refractivity contribution in [3.05, 3.63) is 34.0 Å². The topological polar surface area (TPSA) is 29.4 Å². The van der Waals surface area contributed by atoms with E-state index < -0.39 is 0 Å². The summed E-state index contributed by atoms with van der Waals surface area (Å²) in [5.74, 6) is -0.193. The van der Waals surface area contributed by atoms with Crippen LogP contribution in [0, 0.1) is 0 Å². The van der Waals surface area contributed by atoms with Gasteiger partial charge in [0, 0.05) is 10.5 Å². The van der Waals surface area contributed by atoms with Gasteiger partial charge in [-0.25, -0.2) is 4.99 Å². The van der Waals surface area contributed by atoms with Crippen molar-refractivity contribution in [1.29, 1.82) is 0 Å². The van der Waals surface area contributed by atoms with Crippen molar-refractivity contribution in [2.24, 2.45) is 4.99 Å². The molecule has 0 spiro atoms. The van der Waals surface area contributed by atoms with Crippen molar-refractivity contribution >= 4 is 34.2 Å². The fraction of sp³-hybridized carbons (Fsp3) is 0.111. The Kier molecular flexibility index (Phi) is 2.97. The van der Waals surface area contributed by atoms with Gasteiger partial charge in [0.05, 0.1) is 5.71 Å². The Morgan fingerprint density at radius 2 is 2.25 bits per heavy atom. The Hall–Kier alpha value is -0.710. The summed E-state index contributed by atoms with van der Waals surface area (Å²) in [7, 11) is 0. The van der Waals surface area contributed by atoms with Crippen molar-refractivity contribution in [1.82, 2.24) is 0 Å². The van der Waals surface area contributed by atoms with E-state index in [2.05, 4.69) is 34.2 Å². The maximum absolute atomic E-state index is 10.7. The van der Waals surface area contributed by atoms with Gasteiger partial charge in [-0.2, -0.15) is 0 Å². The second-order valence-corrected chi connectivity index (χ2v) is 3.65. The van der Waals surface area contributed by atoms with Crippen LogP contribution in [-0.4, -0.2) is 11.6 Å². The minimum atomic E-state index is -0.193. The van der Waals surface area contributed by atoms with Crippen LogP contribution in [0.25, 0.3) is 0 Å². The van der Waals surface area contributed by atoms with Crippen LogP contribution < -0.4 is 0 Å². The molecule has 0 unspecified atom stereocenters. The van der Waals surface area contributed by atoms with E-state index in [9.17, 15) is 4.79 Å². The number of hydrogen-bond acceptors (Lipinski definition) is 1. The molecule has 0 N–H and O–H groups in total. The summed E-state index contributed by atoms with van der Waals surface area (Å²) in [6, 6.07) is 0. The summed E-state index contributed by atoms with van der Waals surface area (Å²) in [5, 5.41) is 0. The van der Waals surface area contributed by atoms with Crippen LogP contribution in [0.3, 0.4) is 0 Å². The van der Waals surface area contributed by atoms with Gasteiger partial charge in [-0.15, -0.1) is 0 Å². The number of carbonyl (C=O) groups is 1. The minimum Gasteiger partial charge on any atom is -0.273 e. The van der Waals surface area contributed by atoms with Crippen LogP contribution in [0.15, 0.2) is 39.0 Å². The molecule has 0 saturated carbocycles. The van der Waals surface area contributed by atoms with E-state index in [1.54, 1.807) is 0 Å². The molecule has 0 atom stereocenters. The van der Waals surface area contributed by atoms with E-state index in [-0.39, 0.29) is 5.91 Å². The first kappa shape index (κ1) is 9.38. The van der Waals surface area contributed by atoms with Gasteiger partial charge < -0.3 is 0 Å². The van der Waals surface area contributed by atoms with Gasteiger partial charge in [-0.1, -0.05) is 12.7 Å². The van der Waals surface area contributed by atoms with Crippen LogP contribution in [0.1, 0.15) is 6.92 Å². The fourth-order valence-corrected chi connectivity index (χ4v) is 1.29. The van der Waals surface area contributed by atoms with Crippen LogP contribution in [-0.2, 0) is 4.79 Å². The Bertz CT molecular complexity index is 323. The van der Waals surface area contributed by atoms with E-state index >= 15 is 0 Å². The molecule has 0 saturated heterocycles. The van der Waals surface area contributed by atoms with Crippen LogP contribution >= 0.6 is 22.6 Å². The van der Waals surface area contributed by atoms with Gasteiger partial charge in [0.15, 0.2) is 0 Å². The molecule has 62 valence electrons. The number of halogens is 1. The largest absolute Gasteiger partial charge is 0.273 e. The highest BCUT2D eigenvalue weighted by molar-refractivity contribution is 14.1. The molecular weight excluding hydrogens is 265 g/mol. The molecule has 2 nitrogen and oxygen atoms in total. The molecule has 1 rings (SSSR count). The molecule has 1 aliphatic rings. The van der Waals surface area contributed by atoms with Crippen molar-refractivity contribution in [3.8, 4) is 0 Å². The van der Waals surface area contributed by atoms with Gasteiger partial charge in [0.25, 0.3) is 0 Å². The lowest BCUT2D eigenvalue weighted by molar-refractivity contribution is -0.115. The lowest BCUT2D eigenvalue weighted by atomic mass is 10.1. The first-order valence-corrected chi connectivity index (χ1v) is 4.51. The Morgan fingerprint density at radius 3 is 2.83 bits per heavy atom. The number of allylic oxidation sites excluding steroid dienone is 5. The maximum atomic E-state index is 10.7. The lowest BCUT2D eigenvalue weighted by Crippen LogP contribution is -2.02. The highest BCUT2D eigenvalue weighted by Crippen LogP contribution is 2.17. The Morgan fingerprint density at radius 1 is 1.58 bits per heavy atom. The van der Waals surface area contributed by atoms with Crippen LogP contribution in [0.4, 0.5) is 0 Å². The normalized spacial score (nSPS) is 19.7. The molecular formula is C9H8INO. The number of rotatable bonds is 0. The van der Waals surface area contributed by atoms with Gasteiger partial charge >= 0.3 is 0 Å². The van der Waals surface area contributed by atoms with Crippen molar-refractivity contribution in [2.45, 2.75) is 6.92 Å². The Labute approximate surface area is 84.9 Å². The third kappa shape index (κ3) is 2.41. The number of hydrogen-bond donors (Lipinski definition) is 0. The van der Waals surface area contributed by atoms with Gasteiger partial charge in [0.1, 0.15) is 0 Å². The Balaban J connectivity index is 3.00. The van der Waals surface area contributed by atoms with E-state index in [4.69, 9.17) is 0 Å². The molecule has 0 heterocycles. The third-order valence-corrected chi connectivity index (χ3v) is 2.00. The molecule has 1 aliphatic carbocycles. The average molecular weight is 273 g/mol. The first-order chi connectivity index (χ1) is 5.59. The summed E-state index contributed by atoms with van der Waals surface area (Å²) < 4.78 is 1.06. The summed E-state index contributed by atoms with van der Waals surface area (Å²) in [6.07, 6.45) is 5.62. The lowest BCUT2D eigenvalue weighted by Gasteiger charge is -2.05. The summed E-state index contributed by atoms with van der Waals surface area (Å²) in [6.45, 7) is 5.20. The monoisotopic (exact) mass is 273 g/mol. The van der Waals surface area contributed by atoms with Crippen LogP contribution in [0.5, 0.6) is 0 Å². The average Bonchev–Trinajstić information content (AvgIpc) is 1.96. The van der Waals surface area contributed by atoms with Crippen molar-refractivity contribution in [3.63, 3.8) is 0 Å². The number of nitrogens with zero attached hydrogens (tertiary/aromatic N) is 1. The van der Waals surface area contributed by atoms with Gasteiger partial charge in [-0.3, -0.25) is 4.79 Å². The molecule has 0 aromatic rings. The van der Waals surface area contributed by atoms with E-state index in [1.165, 1.54) is 6.92 Å². The zero-order valence-corrected chi connectivity index (χ0v) is 8.83. The summed E-state index contributed by atoms with van der Waals surface area (Å²) in [4.78, 5) is 14.5. The molecule has 0 radical (unpaired) electrons. The second-order valence-electron chi connectivity index (χ2n) is 2.40. The molecule has 0 aliphatic heterocycles. The SMILES string of the molecule is C=C1C=CC(I)=CC1=NC(C)=O. The number of amides is 1. The predicted molar refractivity (Wildman–Crippen MR) is 58.5 cm³/mol. The molecule has 1 amide bonds. The minimum absolute atomic E-state index is 0.193. The van der Waals surface area contributed by atoms with Gasteiger partial charge in [-0.05, 0) is 40.3 Å². The van der Waals surface area contributed by atoms with E-state index in [1.807, 2.05) is 18.2 Å². The molecule has 0 bridgehead atoms. The number of aliphatic imine (C=N–C) groups is 1. The van der Waals surface area contributed by atoms with Crippen molar-refractivity contribution in [2.75, 3.05) is 0 Å². The molecule has 0 aromatic carbocycles. The highest BCUT2D eigenvalue weighted by Gasteiger charge is 2.05. The molecule has 3 heteroatoms. The number of carbonyl (C=O) groups excluding carboxylic acids is 1. The zero-order chi connectivity index (χ0) is 9.14. The zero-order valence-electron chi connectivity index (χ0n) is 6.67. The van der Waals surface area contributed by atoms with Crippen LogP contribution in [0.2, 0.25) is 0 Å². The smallest absolute Gasteiger partial charge is 0.243 e. The molecule has 12 heavy (non-hydrogen) atoms. The predicted octanol–water partition coefficient (Wildman–Crippen LogP) is 2.42. The quantitative estimate of drug-likeness (QED) is 0.623. The van der Waals surface area contributed by atoms with Crippen molar-refractivity contribution < 1.29 is 4.79 Å². The second kappa shape index (κ2) is 3.80. The maximum Gasteiger partial charge on any atom is 0.243 e. The fourth-order valence-electron chi connectivity index (χ4n) is 0.811.